The van der Waals surface area contributed by atoms with Gasteiger partial charge in [0.15, 0.2) is 0 Å². The van der Waals surface area contributed by atoms with Crippen molar-refractivity contribution >= 4 is 16.2 Å². The van der Waals surface area contributed by atoms with Gasteiger partial charge in [0.1, 0.15) is 5.60 Å². The van der Waals surface area contributed by atoms with Gasteiger partial charge in [0.05, 0.1) is 12.4 Å². The fourth-order valence-electron chi connectivity index (χ4n) is 1.66. The first-order chi connectivity index (χ1) is 7.98. The normalized spacial score (nSPS) is 24.3. The van der Waals surface area contributed by atoms with Gasteiger partial charge in [-0.15, -0.1) is 0 Å². The molecule has 0 N–H and O–H groups in total. The summed E-state index contributed by atoms with van der Waals surface area (Å²) in [5, 5.41) is 0. The quantitative estimate of drug-likeness (QED) is 0.729. The summed E-state index contributed by atoms with van der Waals surface area (Å²) >= 11 is 0. The van der Waals surface area contributed by atoms with Crippen molar-refractivity contribution in [2.75, 3.05) is 13.3 Å². The van der Waals surface area contributed by atoms with Crippen molar-refractivity contribution in [2.45, 2.75) is 51.4 Å². The van der Waals surface area contributed by atoms with Crippen LogP contribution in [0.4, 0.5) is 4.79 Å². The van der Waals surface area contributed by atoms with Crippen LogP contribution in [-0.4, -0.2) is 50.5 Å². The lowest BCUT2D eigenvalue weighted by Gasteiger charge is -2.40. The van der Waals surface area contributed by atoms with E-state index in [2.05, 4.69) is 0 Å². The molecule has 0 aromatic carbocycles. The topological polar surface area (TPSA) is 72.9 Å². The Morgan fingerprint density at radius 2 is 1.78 bits per heavy atom. The summed E-state index contributed by atoms with van der Waals surface area (Å²) in [5.74, 6) is 0. The summed E-state index contributed by atoms with van der Waals surface area (Å²) < 4.78 is 31.9. The molecule has 0 saturated heterocycles. The highest BCUT2D eigenvalue weighted by molar-refractivity contribution is 7.86. The number of ether oxygens (including phenoxy) is 1. The van der Waals surface area contributed by atoms with Gasteiger partial charge in [-0.25, -0.2) is 4.79 Å². The van der Waals surface area contributed by atoms with E-state index < -0.39 is 21.8 Å². The second kappa shape index (κ2) is 5.05. The van der Waals surface area contributed by atoms with E-state index in [1.54, 1.807) is 27.8 Å². The smallest absolute Gasteiger partial charge is 0.410 e. The molecule has 0 bridgehead atoms. The van der Waals surface area contributed by atoms with Crippen LogP contribution in [-0.2, 0) is 19.0 Å². The lowest BCUT2D eigenvalue weighted by Crippen LogP contribution is -2.50. The van der Waals surface area contributed by atoms with E-state index in [0.29, 0.717) is 12.8 Å². The lowest BCUT2D eigenvalue weighted by molar-refractivity contribution is -0.00693. The molecule has 1 aliphatic carbocycles. The molecular weight excluding hydrogens is 258 g/mol. The number of nitrogens with zero attached hydrogens (tertiary/aromatic N) is 1. The third-order valence-electron chi connectivity index (χ3n) is 2.61. The number of amides is 1. The van der Waals surface area contributed by atoms with E-state index >= 15 is 0 Å². The van der Waals surface area contributed by atoms with Crippen molar-refractivity contribution in [2.24, 2.45) is 0 Å². The van der Waals surface area contributed by atoms with Gasteiger partial charge in [-0.3, -0.25) is 4.18 Å². The summed E-state index contributed by atoms with van der Waals surface area (Å²) in [5.41, 5.74) is -0.530. The zero-order valence-corrected chi connectivity index (χ0v) is 12.3. The largest absolute Gasteiger partial charge is 0.444 e. The maximum absolute atomic E-state index is 11.7. The van der Waals surface area contributed by atoms with E-state index in [0.717, 1.165) is 6.26 Å². The molecule has 1 rings (SSSR count). The Labute approximate surface area is 108 Å². The fraction of sp³-hybridized carbons (Fsp3) is 0.909. The van der Waals surface area contributed by atoms with E-state index in [4.69, 9.17) is 8.92 Å². The van der Waals surface area contributed by atoms with Gasteiger partial charge in [-0.2, -0.15) is 8.42 Å². The predicted molar refractivity (Wildman–Crippen MR) is 66.7 cm³/mol. The van der Waals surface area contributed by atoms with Crippen molar-refractivity contribution in [3.05, 3.63) is 0 Å². The van der Waals surface area contributed by atoms with Gasteiger partial charge in [-0.05, 0) is 33.6 Å². The van der Waals surface area contributed by atoms with Crippen LogP contribution in [0.15, 0.2) is 0 Å². The Morgan fingerprint density at radius 3 is 2.17 bits per heavy atom. The Morgan fingerprint density at radius 1 is 1.28 bits per heavy atom. The fourth-order valence-corrected chi connectivity index (χ4v) is 2.31. The minimum atomic E-state index is -3.42. The highest BCUT2D eigenvalue weighted by Gasteiger charge is 2.38. The second-order valence-corrected chi connectivity index (χ2v) is 7.24. The maximum atomic E-state index is 11.7. The molecule has 0 unspecified atom stereocenters. The molecule has 18 heavy (non-hydrogen) atoms. The highest BCUT2D eigenvalue weighted by atomic mass is 32.2. The molecule has 0 aromatic rings. The summed E-state index contributed by atoms with van der Waals surface area (Å²) in [6.45, 7) is 5.40. The molecule has 6 nitrogen and oxygen atoms in total. The zero-order valence-electron chi connectivity index (χ0n) is 11.5. The Balaban J connectivity index is 2.39. The van der Waals surface area contributed by atoms with Crippen LogP contribution in [0.1, 0.15) is 33.6 Å². The van der Waals surface area contributed by atoms with E-state index in [1.807, 2.05) is 0 Å². The number of hydrogen-bond donors (Lipinski definition) is 0. The first-order valence-electron chi connectivity index (χ1n) is 5.82. The van der Waals surface area contributed by atoms with Gasteiger partial charge in [0.2, 0.25) is 0 Å². The standard InChI is InChI=1S/C11H21NO5S/c1-11(2,3)16-10(13)12(4)8-6-9(7-8)17-18(5,14)15/h8-9H,6-7H2,1-5H3. The second-order valence-electron chi connectivity index (χ2n) is 5.64. The summed E-state index contributed by atoms with van der Waals surface area (Å²) in [7, 11) is -1.77. The van der Waals surface area contributed by atoms with Gasteiger partial charge >= 0.3 is 6.09 Å². The number of rotatable bonds is 3. The molecule has 0 aliphatic heterocycles. The maximum Gasteiger partial charge on any atom is 0.410 e. The van der Waals surface area contributed by atoms with Crippen LogP contribution in [0.25, 0.3) is 0 Å². The Hall–Kier alpha value is -0.820. The number of carbonyl (C=O) groups is 1. The van der Waals surface area contributed by atoms with Gasteiger partial charge in [-0.1, -0.05) is 0 Å². The molecule has 7 heteroatoms. The molecule has 1 saturated carbocycles. The van der Waals surface area contributed by atoms with Crippen molar-refractivity contribution in [3.63, 3.8) is 0 Å². The summed E-state index contributed by atoms with van der Waals surface area (Å²) in [6, 6.07) is -0.0217. The third kappa shape index (κ3) is 4.81. The van der Waals surface area contributed by atoms with E-state index in [1.165, 1.54) is 4.90 Å². The monoisotopic (exact) mass is 279 g/mol. The van der Waals surface area contributed by atoms with Crippen molar-refractivity contribution in [3.8, 4) is 0 Å². The molecule has 1 amide bonds. The van der Waals surface area contributed by atoms with Crippen molar-refractivity contribution in [1.29, 1.82) is 0 Å². The van der Waals surface area contributed by atoms with Crippen LogP contribution in [0, 0.1) is 0 Å². The Bertz CT molecular complexity index is 406. The first kappa shape index (κ1) is 15.2. The summed E-state index contributed by atoms with van der Waals surface area (Å²) in [6.07, 6.45) is 1.34. The minimum Gasteiger partial charge on any atom is -0.444 e. The summed E-state index contributed by atoms with van der Waals surface area (Å²) in [4.78, 5) is 13.2. The third-order valence-corrected chi connectivity index (χ3v) is 3.23. The van der Waals surface area contributed by atoms with Gasteiger partial charge in [0, 0.05) is 13.1 Å². The van der Waals surface area contributed by atoms with Crippen LogP contribution in [0.5, 0.6) is 0 Å². The molecule has 106 valence electrons. The Kier molecular flexibility index (Phi) is 4.27. The highest BCUT2D eigenvalue weighted by Crippen LogP contribution is 2.29. The number of carbonyl (C=O) groups excluding carboxylic acids is 1. The van der Waals surface area contributed by atoms with Crippen molar-refractivity contribution < 1.29 is 22.1 Å². The molecule has 1 aliphatic rings. The molecule has 0 heterocycles. The first-order valence-corrected chi connectivity index (χ1v) is 7.63. The van der Waals surface area contributed by atoms with E-state index in [-0.39, 0.29) is 12.1 Å². The molecule has 0 spiro atoms. The average Bonchev–Trinajstić information content (AvgIpc) is 2.04. The van der Waals surface area contributed by atoms with Gasteiger partial charge < -0.3 is 9.64 Å². The average molecular weight is 279 g/mol. The minimum absolute atomic E-state index is 0.0217. The van der Waals surface area contributed by atoms with Gasteiger partial charge in [0.25, 0.3) is 10.1 Å². The molecular formula is C11H21NO5S. The SMILES string of the molecule is CN(C(=O)OC(C)(C)C)C1CC(OS(C)(=O)=O)C1. The molecule has 1 fully saturated rings. The molecule has 0 atom stereocenters. The number of hydrogen-bond acceptors (Lipinski definition) is 5. The molecule has 0 radical (unpaired) electrons. The van der Waals surface area contributed by atoms with E-state index in [9.17, 15) is 13.2 Å². The predicted octanol–water partition coefficient (Wildman–Crippen LogP) is 1.36. The van der Waals surface area contributed by atoms with Crippen LogP contribution < -0.4 is 0 Å². The van der Waals surface area contributed by atoms with Crippen LogP contribution >= 0.6 is 0 Å². The molecule has 0 aromatic heterocycles. The van der Waals surface area contributed by atoms with Crippen LogP contribution in [0.2, 0.25) is 0 Å². The van der Waals surface area contributed by atoms with Crippen LogP contribution in [0.3, 0.4) is 0 Å². The zero-order chi connectivity index (χ0) is 14.1. The van der Waals surface area contributed by atoms with Crippen molar-refractivity contribution in [1.82, 2.24) is 4.90 Å². The lowest BCUT2D eigenvalue weighted by atomic mass is 9.89.